The average molecular weight is 374 g/mol. The van der Waals surface area contributed by atoms with Crippen molar-refractivity contribution in [1.82, 2.24) is 0 Å². The zero-order chi connectivity index (χ0) is 17.7. The van der Waals surface area contributed by atoms with Gasteiger partial charge in [0, 0.05) is 5.56 Å². The van der Waals surface area contributed by atoms with E-state index in [1.165, 1.54) is 6.07 Å². The highest BCUT2D eigenvalue weighted by atomic mass is 35.5. The third-order valence-electron chi connectivity index (χ3n) is 3.00. The molecular formula is C16H15ClF3N3O2. The minimum Gasteiger partial charge on any atom is -0.488 e. The second-order valence-electron chi connectivity index (χ2n) is 4.82. The van der Waals surface area contributed by atoms with E-state index in [1.54, 1.807) is 30.3 Å². The molecule has 0 bridgehead atoms. The number of guanidine groups is 1. The van der Waals surface area contributed by atoms with E-state index >= 15 is 0 Å². The fraction of sp³-hybridized carbons (Fsp3) is 0.125. The minimum atomic E-state index is -4.69. The molecule has 0 radical (unpaired) electrons. The monoisotopic (exact) mass is 373 g/mol. The number of hydrogen-bond acceptors (Lipinski definition) is 2. The fourth-order valence-electron chi connectivity index (χ4n) is 1.93. The van der Waals surface area contributed by atoms with Crippen molar-refractivity contribution in [2.45, 2.75) is 12.8 Å². The molecule has 2 aromatic carbocycles. The molecule has 0 aliphatic heterocycles. The Bertz CT molecular complexity index is 761. The molecule has 9 heteroatoms. The SMILES string of the molecule is Cl.NC(N)=NC(=O)c1ccc(OCc2ccccc2)c(C(F)(F)F)c1. The number of ether oxygens (including phenoxy) is 1. The summed E-state index contributed by atoms with van der Waals surface area (Å²) in [5, 5.41) is 0. The topological polar surface area (TPSA) is 90.7 Å². The van der Waals surface area contributed by atoms with Crippen LogP contribution in [0.25, 0.3) is 0 Å². The van der Waals surface area contributed by atoms with E-state index in [4.69, 9.17) is 16.2 Å². The van der Waals surface area contributed by atoms with Crippen molar-refractivity contribution in [3.05, 3.63) is 65.2 Å². The fourth-order valence-corrected chi connectivity index (χ4v) is 1.93. The lowest BCUT2D eigenvalue weighted by Crippen LogP contribution is -2.24. The number of benzene rings is 2. The van der Waals surface area contributed by atoms with Gasteiger partial charge in [-0.25, -0.2) is 0 Å². The lowest BCUT2D eigenvalue weighted by Gasteiger charge is -2.15. The molecule has 0 heterocycles. The molecule has 2 rings (SSSR count). The van der Waals surface area contributed by atoms with E-state index < -0.39 is 23.6 Å². The molecule has 0 unspecified atom stereocenters. The van der Waals surface area contributed by atoms with Crippen LogP contribution in [0.15, 0.2) is 53.5 Å². The molecule has 0 spiro atoms. The number of carbonyl (C=O) groups excluding carboxylic acids is 1. The smallest absolute Gasteiger partial charge is 0.419 e. The summed E-state index contributed by atoms with van der Waals surface area (Å²) in [5.41, 5.74) is 9.46. The van der Waals surface area contributed by atoms with Gasteiger partial charge < -0.3 is 16.2 Å². The normalized spacial score (nSPS) is 10.5. The van der Waals surface area contributed by atoms with Crippen molar-refractivity contribution < 1.29 is 22.7 Å². The number of rotatable bonds is 4. The lowest BCUT2D eigenvalue weighted by molar-refractivity contribution is -0.139. The standard InChI is InChI=1S/C16H14F3N3O2.ClH/c17-16(18,19)12-8-11(14(23)22-15(20)21)6-7-13(12)24-9-10-4-2-1-3-5-10;/h1-8H,9H2,(H4,20,21,22,23);1H. The number of nitrogens with zero attached hydrogens (tertiary/aromatic N) is 1. The molecule has 5 nitrogen and oxygen atoms in total. The quantitative estimate of drug-likeness (QED) is 0.636. The minimum absolute atomic E-state index is 0. The molecule has 4 N–H and O–H groups in total. The predicted molar refractivity (Wildman–Crippen MR) is 89.6 cm³/mol. The van der Waals surface area contributed by atoms with Gasteiger partial charge in [-0.15, -0.1) is 12.4 Å². The van der Waals surface area contributed by atoms with Crippen LogP contribution in [0.1, 0.15) is 21.5 Å². The van der Waals surface area contributed by atoms with E-state index in [0.29, 0.717) is 11.6 Å². The lowest BCUT2D eigenvalue weighted by atomic mass is 10.1. The number of nitrogens with two attached hydrogens (primary N) is 2. The Balaban J connectivity index is 0.00000312. The number of carbonyl (C=O) groups is 1. The highest BCUT2D eigenvalue weighted by Gasteiger charge is 2.35. The van der Waals surface area contributed by atoms with Crippen molar-refractivity contribution in [2.75, 3.05) is 0 Å². The molecule has 2 aromatic rings. The summed E-state index contributed by atoms with van der Waals surface area (Å²) in [6, 6.07) is 11.6. The predicted octanol–water partition coefficient (Wildman–Crippen LogP) is 3.12. The van der Waals surface area contributed by atoms with Crippen LogP contribution in [0, 0.1) is 0 Å². The molecule has 0 atom stereocenters. The van der Waals surface area contributed by atoms with Crippen LogP contribution in [-0.4, -0.2) is 11.9 Å². The molecular weight excluding hydrogens is 359 g/mol. The van der Waals surface area contributed by atoms with Gasteiger partial charge in [-0.2, -0.15) is 18.2 Å². The van der Waals surface area contributed by atoms with Crippen molar-refractivity contribution >= 4 is 24.3 Å². The summed E-state index contributed by atoms with van der Waals surface area (Å²) in [7, 11) is 0. The Kier molecular flexibility index (Phi) is 6.81. The molecule has 134 valence electrons. The Labute approximate surface area is 147 Å². The highest BCUT2D eigenvalue weighted by Crippen LogP contribution is 2.37. The van der Waals surface area contributed by atoms with Gasteiger partial charge in [-0.3, -0.25) is 4.79 Å². The third-order valence-corrected chi connectivity index (χ3v) is 3.00. The second kappa shape index (κ2) is 8.39. The van der Waals surface area contributed by atoms with Crippen molar-refractivity contribution in [2.24, 2.45) is 16.5 Å². The molecule has 0 fully saturated rings. The Morgan fingerprint density at radius 2 is 1.72 bits per heavy atom. The summed E-state index contributed by atoms with van der Waals surface area (Å²) >= 11 is 0. The van der Waals surface area contributed by atoms with Gasteiger partial charge in [0.25, 0.3) is 5.91 Å². The first-order chi connectivity index (χ1) is 11.3. The van der Waals surface area contributed by atoms with Gasteiger partial charge >= 0.3 is 6.18 Å². The van der Waals surface area contributed by atoms with Crippen LogP contribution in [0.4, 0.5) is 13.2 Å². The van der Waals surface area contributed by atoms with Crippen LogP contribution in [0.3, 0.4) is 0 Å². The molecule has 1 amide bonds. The van der Waals surface area contributed by atoms with Crippen LogP contribution >= 0.6 is 12.4 Å². The summed E-state index contributed by atoms with van der Waals surface area (Å²) in [4.78, 5) is 14.9. The first-order valence-electron chi connectivity index (χ1n) is 6.79. The molecule has 0 saturated carbocycles. The molecule has 0 saturated heterocycles. The molecule has 0 aliphatic carbocycles. The summed E-state index contributed by atoms with van der Waals surface area (Å²) < 4.78 is 44.9. The van der Waals surface area contributed by atoms with Gasteiger partial charge in [0.05, 0.1) is 5.56 Å². The molecule has 25 heavy (non-hydrogen) atoms. The average Bonchev–Trinajstić information content (AvgIpc) is 2.52. The molecule has 0 aromatic heterocycles. The largest absolute Gasteiger partial charge is 0.488 e. The first kappa shape index (κ1) is 20.3. The first-order valence-corrected chi connectivity index (χ1v) is 6.79. The summed E-state index contributed by atoms with van der Waals surface area (Å²) in [6.07, 6.45) is -4.69. The highest BCUT2D eigenvalue weighted by molar-refractivity contribution is 6.02. The van der Waals surface area contributed by atoms with E-state index in [9.17, 15) is 18.0 Å². The Morgan fingerprint density at radius 3 is 2.28 bits per heavy atom. The number of aliphatic imine (C=N–C) groups is 1. The van der Waals surface area contributed by atoms with Gasteiger partial charge in [0.1, 0.15) is 12.4 Å². The van der Waals surface area contributed by atoms with Gasteiger partial charge in [0.2, 0.25) is 0 Å². The Hall–Kier alpha value is -2.74. The zero-order valence-corrected chi connectivity index (χ0v) is 13.6. The van der Waals surface area contributed by atoms with E-state index in [-0.39, 0.29) is 30.3 Å². The van der Waals surface area contributed by atoms with Gasteiger partial charge in [-0.05, 0) is 23.8 Å². The maximum atomic E-state index is 13.2. The van der Waals surface area contributed by atoms with Crippen LogP contribution in [0.5, 0.6) is 5.75 Å². The number of halogens is 4. The Morgan fingerprint density at radius 1 is 1.08 bits per heavy atom. The zero-order valence-electron chi connectivity index (χ0n) is 12.8. The summed E-state index contributed by atoms with van der Waals surface area (Å²) in [6.45, 7) is -0.0366. The van der Waals surface area contributed by atoms with E-state index in [0.717, 1.165) is 6.07 Å². The van der Waals surface area contributed by atoms with Crippen molar-refractivity contribution in [3.63, 3.8) is 0 Å². The number of hydrogen-bond donors (Lipinski definition) is 2. The molecule has 0 aliphatic rings. The van der Waals surface area contributed by atoms with Gasteiger partial charge in [-0.1, -0.05) is 30.3 Å². The van der Waals surface area contributed by atoms with Gasteiger partial charge in [0.15, 0.2) is 5.96 Å². The number of alkyl halides is 3. The van der Waals surface area contributed by atoms with Crippen molar-refractivity contribution in [1.29, 1.82) is 0 Å². The van der Waals surface area contributed by atoms with E-state index in [1.807, 2.05) is 0 Å². The van der Waals surface area contributed by atoms with Crippen LogP contribution in [0.2, 0.25) is 0 Å². The second-order valence-corrected chi connectivity index (χ2v) is 4.82. The van der Waals surface area contributed by atoms with E-state index in [2.05, 4.69) is 4.99 Å². The summed E-state index contributed by atoms with van der Waals surface area (Å²) in [5.74, 6) is -1.87. The maximum absolute atomic E-state index is 13.2. The van der Waals surface area contributed by atoms with Crippen LogP contribution < -0.4 is 16.2 Å². The van der Waals surface area contributed by atoms with Crippen LogP contribution in [-0.2, 0) is 12.8 Å². The number of amides is 1. The maximum Gasteiger partial charge on any atom is 0.419 e. The van der Waals surface area contributed by atoms with Crippen molar-refractivity contribution in [3.8, 4) is 5.75 Å². The third kappa shape index (κ3) is 5.68.